The number of carbonyl (C=O) groups is 1. The maximum atomic E-state index is 11.9. The van der Waals surface area contributed by atoms with E-state index in [2.05, 4.69) is 16.1 Å². The molecule has 0 bridgehead atoms. The SMILES string of the molecule is C#CCNC(=O)C(C)N1CCC(c2ccc(O)cc2)CC1. The van der Waals surface area contributed by atoms with Crippen molar-refractivity contribution >= 4 is 5.91 Å². The molecule has 0 saturated carbocycles. The lowest BCUT2D eigenvalue weighted by atomic mass is 9.89. The number of hydrogen-bond acceptors (Lipinski definition) is 3. The van der Waals surface area contributed by atoms with E-state index in [9.17, 15) is 9.90 Å². The highest BCUT2D eigenvalue weighted by atomic mass is 16.3. The molecule has 2 rings (SSSR count). The Bertz CT molecular complexity index is 511. The monoisotopic (exact) mass is 286 g/mol. The normalized spacial score (nSPS) is 17.9. The molecule has 1 amide bonds. The smallest absolute Gasteiger partial charge is 0.237 e. The van der Waals surface area contributed by atoms with Crippen molar-refractivity contribution in [2.24, 2.45) is 0 Å². The van der Waals surface area contributed by atoms with Crippen LogP contribution in [0.5, 0.6) is 5.75 Å². The maximum Gasteiger partial charge on any atom is 0.237 e. The number of terminal acetylenes is 1. The number of aromatic hydroxyl groups is 1. The van der Waals surface area contributed by atoms with Crippen LogP contribution < -0.4 is 5.32 Å². The standard InChI is InChI=1S/C17H22N2O2/c1-3-10-18-17(21)13(2)19-11-8-15(9-12-19)14-4-6-16(20)7-5-14/h1,4-7,13,15,20H,8-12H2,2H3,(H,18,21). The van der Waals surface area contributed by atoms with Crippen LogP contribution in [-0.2, 0) is 4.79 Å². The Hall–Kier alpha value is -1.99. The van der Waals surface area contributed by atoms with E-state index in [1.54, 1.807) is 12.1 Å². The topological polar surface area (TPSA) is 52.6 Å². The average molecular weight is 286 g/mol. The Labute approximate surface area is 126 Å². The second kappa shape index (κ2) is 7.14. The molecule has 1 atom stereocenters. The summed E-state index contributed by atoms with van der Waals surface area (Å²) >= 11 is 0. The second-order valence-electron chi connectivity index (χ2n) is 5.50. The molecule has 112 valence electrons. The predicted octanol–water partition coefficient (Wildman–Crippen LogP) is 1.71. The van der Waals surface area contributed by atoms with E-state index in [1.807, 2.05) is 19.1 Å². The van der Waals surface area contributed by atoms with Crippen LogP contribution in [0.15, 0.2) is 24.3 Å². The molecule has 1 aliphatic heterocycles. The number of phenolic OH excluding ortho intramolecular Hbond substituents is 1. The minimum atomic E-state index is -0.140. The lowest BCUT2D eigenvalue weighted by Crippen LogP contribution is -2.48. The van der Waals surface area contributed by atoms with Gasteiger partial charge in [0.25, 0.3) is 0 Å². The Morgan fingerprint density at radius 2 is 2.05 bits per heavy atom. The van der Waals surface area contributed by atoms with Gasteiger partial charge in [0.1, 0.15) is 5.75 Å². The van der Waals surface area contributed by atoms with Gasteiger partial charge < -0.3 is 10.4 Å². The number of piperidine rings is 1. The molecule has 4 nitrogen and oxygen atoms in total. The summed E-state index contributed by atoms with van der Waals surface area (Å²) in [4.78, 5) is 14.1. The van der Waals surface area contributed by atoms with Crippen LogP contribution in [0.4, 0.5) is 0 Å². The van der Waals surface area contributed by atoms with Crippen LogP contribution in [0, 0.1) is 12.3 Å². The summed E-state index contributed by atoms with van der Waals surface area (Å²) in [5, 5.41) is 12.1. The Balaban J connectivity index is 1.86. The number of hydrogen-bond donors (Lipinski definition) is 2. The summed E-state index contributed by atoms with van der Waals surface area (Å²) in [7, 11) is 0. The fraction of sp³-hybridized carbons (Fsp3) is 0.471. The van der Waals surface area contributed by atoms with Crippen LogP contribution in [-0.4, -0.2) is 41.6 Å². The van der Waals surface area contributed by atoms with Crippen molar-refractivity contribution in [3.8, 4) is 18.1 Å². The first-order chi connectivity index (χ1) is 10.1. The van der Waals surface area contributed by atoms with Gasteiger partial charge >= 0.3 is 0 Å². The van der Waals surface area contributed by atoms with Gasteiger partial charge in [0.15, 0.2) is 0 Å². The van der Waals surface area contributed by atoms with Gasteiger partial charge in [-0.2, -0.15) is 0 Å². The summed E-state index contributed by atoms with van der Waals surface area (Å²) in [6, 6.07) is 7.30. The molecular formula is C17H22N2O2. The lowest BCUT2D eigenvalue weighted by molar-refractivity contribution is -0.126. The van der Waals surface area contributed by atoms with Crippen LogP contribution in [0.3, 0.4) is 0 Å². The molecule has 1 aromatic rings. The minimum absolute atomic E-state index is 0.00367. The van der Waals surface area contributed by atoms with Crippen LogP contribution in [0.2, 0.25) is 0 Å². The zero-order valence-electron chi connectivity index (χ0n) is 12.4. The first-order valence-corrected chi connectivity index (χ1v) is 7.36. The van der Waals surface area contributed by atoms with E-state index in [-0.39, 0.29) is 18.5 Å². The summed E-state index contributed by atoms with van der Waals surface area (Å²) < 4.78 is 0. The van der Waals surface area contributed by atoms with Crippen molar-refractivity contribution < 1.29 is 9.90 Å². The van der Waals surface area contributed by atoms with Gasteiger partial charge in [-0.3, -0.25) is 9.69 Å². The Morgan fingerprint density at radius 1 is 1.43 bits per heavy atom. The van der Waals surface area contributed by atoms with E-state index in [4.69, 9.17) is 6.42 Å². The molecule has 21 heavy (non-hydrogen) atoms. The Morgan fingerprint density at radius 3 is 2.62 bits per heavy atom. The zero-order valence-corrected chi connectivity index (χ0v) is 12.4. The number of nitrogens with zero attached hydrogens (tertiary/aromatic N) is 1. The van der Waals surface area contributed by atoms with E-state index < -0.39 is 0 Å². The predicted molar refractivity (Wildman–Crippen MR) is 83.0 cm³/mol. The molecule has 1 aliphatic rings. The van der Waals surface area contributed by atoms with Gasteiger partial charge in [0.2, 0.25) is 5.91 Å². The van der Waals surface area contributed by atoms with Crippen molar-refractivity contribution in [3.05, 3.63) is 29.8 Å². The van der Waals surface area contributed by atoms with Gasteiger partial charge in [0, 0.05) is 0 Å². The molecule has 2 N–H and O–H groups in total. The van der Waals surface area contributed by atoms with E-state index in [0.29, 0.717) is 11.7 Å². The van der Waals surface area contributed by atoms with Gasteiger partial charge in [-0.15, -0.1) is 6.42 Å². The van der Waals surface area contributed by atoms with Crippen molar-refractivity contribution in [2.45, 2.75) is 31.7 Å². The van der Waals surface area contributed by atoms with E-state index in [1.165, 1.54) is 5.56 Å². The van der Waals surface area contributed by atoms with Crippen molar-refractivity contribution in [3.63, 3.8) is 0 Å². The number of benzene rings is 1. The molecule has 1 fully saturated rings. The first-order valence-electron chi connectivity index (χ1n) is 7.36. The van der Waals surface area contributed by atoms with Crippen LogP contribution in [0.1, 0.15) is 31.2 Å². The number of carbonyl (C=O) groups excluding carboxylic acids is 1. The molecule has 1 saturated heterocycles. The van der Waals surface area contributed by atoms with Gasteiger partial charge in [-0.05, 0) is 56.5 Å². The van der Waals surface area contributed by atoms with Gasteiger partial charge in [-0.25, -0.2) is 0 Å². The summed E-state index contributed by atoms with van der Waals surface area (Å²) in [5.41, 5.74) is 1.26. The number of amides is 1. The minimum Gasteiger partial charge on any atom is -0.508 e. The molecule has 1 aromatic carbocycles. The summed E-state index contributed by atoms with van der Waals surface area (Å²) in [5.74, 6) is 3.22. The molecule has 0 aliphatic carbocycles. The molecule has 1 unspecified atom stereocenters. The highest BCUT2D eigenvalue weighted by molar-refractivity contribution is 5.81. The van der Waals surface area contributed by atoms with E-state index in [0.717, 1.165) is 25.9 Å². The van der Waals surface area contributed by atoms with Crippen molar-refractivity contribution in [2.75, 3.05) is 19.6 Å². The third-order valence-electron chi connectivity index (χ3n) is 4.19. The zero-order chi connectivity index (χ0) is 15.2. The summed E-state index contributed by atoms with van der Waals surface area (Å²) in [6.45, 7) is 4.01. The van der Waals surface area contributed by atoms with Crippen molar-refractivity contribution in [1.29, 1.82) is 0 Å². The first kappa shape index (κ1) is 15.4. The molecular weight excluding hydrogens is 264 g/mol. The van der Waals surface area contributed by atoms with Gasteiger partial charge in [0.05, 0.1) is 12.6 Å². The average Bonchev–Trinajstić information content (AvgIpc) is 2.53. The van der Waals surface area contributed by atoms with Crippen LogP contribution in [0.25, 0.3) is 0 Å². The van der Waals surface area contributed by atoms with Gasteiger partial charge in [-0.1, -0.05) is 18.1 Å². The number of nitrogens with one attached hydrogen (secondary N) is 1. The number of phenols is 1. The van der Waals surface area contributed by atoms with E-state index >= 15 is 0 Å². The fourth-order valence-electron chi connectivity index (χ4n) is 2.82. The maximum absolute atomic E-state index is 11.9. The Kier molecular flexibility index (Phi) is 5.24. The second-order valence-corrected chi connectivity index (χ2v) is 5.50. The third-order valence-corrected chi connectivity index (χ3v) is 4.19. The molecule has 4 heteroatoms. The molecule has 1 heterocycles. The summed E-state index contributed by atoms with van der Waals surface area (Å²) in [6.07, 6.45) is 7.20. The fourth-order valence-corrected chi connectivity index (χ4v) is 2.82. The molecule has 0 radical (unpaired) electrons. The highest BCUT2D eigenvalue weighted by Crippen LogP contribution is 2.29. The third kappa shape index (κ3) is 3.99. The quantitative estimate of drug-likeness (QED) is 0.829. The van der Waals surface area contributed by atoms with Crippen LogP contribution >= 0.6 is 0 Å². The molecule has 0 aromatic heterocycles. The number of rotatable bonds is 4. The van der Waals surface area contributed by atoms with Crippen molar-refractivity contribution in [1.82, 2.24) is 10.2 Å². The lowest BCUT2D eigenvalue weighted by Gasteiger charge is -2.35. The highest BCUT2D eigenvalue weighted by Gasteiger charge is 2.26. The molecule has 0 spiro atoms. The number of likely N-dealkylation sites (tertiary alicyclic amines) is 1. The largest absolute Gasteiger partial charge is 0.508 e.